The number of ether oxygens (including phenoxy) is 3. The minimum absolute atomic E-state index is 0.134. The number of thiazole rings is 1. The summed E-state index contributed by atoms with van der Waals surface area (Å²) in [4.78, 5) is 41.3. The van der Waals surface area contributed by atoms with Gasteiger partial charge in [-0.25, -0.2) is 4.79 Å². The number of carbonyl (C=O) groups is 2. The molecule has 12 heteroatoms. The topological polar surface area (TPSA) is 156 Å². The smallest absolute Gasteiger partial charge is 0.414 e. The molecule has 47 heavy (non-hydrogen) atoms. The van der Waals surface area contributed by atoms with Gasteiger partial charge in [0.25, 0.3) is 5.91 Å². The lowest BCUT2D eigenvalue weighted by Crippen LogP contribution is -2.34. The highest BCUT2D eigenvalue weighted by molar-refractivity contribution is 7.09. The first-order chi connectivity index (χ1) is 22.3. The van der Waals surface area contributed by atoms with Crippen LogP contribution in [-0.2, 0) is 29.0 Å². The highest BCUT2D eigenvalue weighted by atomic mass is 32.1. The molecule has 4 aromatic rings. The lowest BCUT2D eigenvalue weighted by molar-refractivity contribution is -0.118. The molecule has 1 atom stereocenters. The van der Waals surface area contributed by atoms with E-state index in [1.165, 1.54) is 10.5 Å². The molecule has 5 N–H and O–H groups in total. The molecule has 11 nitrogen and oxygen atoms in total. The molecule has 0 aliphatic heterocycles. The Labute approximate surface area is 278 Å². The Bertz CT molecular complexity index is 1730. The molecule has 0 bridgehead atoms. The fourth-order valence-corrected chi connectivity index (χ4v) is 5.38. The van der Waals surface area contributed by atoms with Crippen LogP contribution in [0.2, 0.25) is 0 Å². The third kappa shape index (κ3) is 10.6. The number of amides is 2. The van der Waals surface area contributed by atoms with E-state index >= 15 is 0 Å². The number of hydrogen-bond acceptors (Lipinski definition) is 9. The van der Waals surface area contributed by atoms with Crippen LogP contribution >= 0.6 is 11.3 Å². The zero-order valence-electron chi connectivity index (χ0n) is 27.3. The largest absolute Gasteiger partial charge is 0.494 e. The van der Waals surface area contributed by atoms with E-state index < -0.39 is 17.6 Å². The summed E-state index contributed by atoms with van der Waals surface area (Å²) in [6, 6.07) is 20.2. The second-order valence-corrected chi connectivity index (χ2v) is 13.4. The molecule has 0 spiro atoms. The van der Waals surface area contributed by atoms with Crippen molar-refractivity contribution >= 4 is 34.7 Å². The maximum absolute atomic E-state index is 13.1. The van der Waals surface area contributed by atoms with E-state index in [4.69, 9.17) is 19.9 Å². The minimum atomic E-state index is -0.709. The van der Waals surface area contributed by atoms with Crippen LogP contribution in [0.4, 0.5) is 16.2 Å². The minimum Gasteiger partial charge on any atom is -0.494 e. The van der Waals surface area contributed by atoms with Gasteiger partial charge < -0.3 is 30.4 Å². The molecule has 250 valence electrons. The first-order valence-electron chi connectivity index (χ1n) is 15.2. The number of H-pyrrole nitrogens is 1. The number of nitrogens with one attached hydrogen (secondary N) is 2. The number of benzene rings is 3. The predicted molar refractivity (Wildman–Crippen MR) is 184 cm³/mol. The fourth-order valence-electron chi connectivity index (χ4n) is 4.62. The molecule has 0 fully saturated rings. The lowest BCUT2D eigenvalue weighted by Gasteiger charge is -2.26. The van der Waals surface area contributed by atoms with Crippen molar-refractivity contribution in [2.24, 2.45) is 11.7 Å². The Morgan fingerprint density at radius 2 is 1.70 bits per heavy atom. The zero-order valence-corrected chi connectivity index (χ0v) is 28.1. The second kappa shape index (κ2) is 15.7. The molecular formula is C35H42N4O7S. The van der Waals surface area contributed by atoms with Crippen molar-refractivity contribution in [1.82, 2.24) is 4.98 Å². The van der Waals surface area contributed by atoms with Crippen LogP contribution in [0.25, 0.3) is 0 Å². The van der Waals surface area contributed by atoms with Gasteiger partial charge in [-0.3, -0.25) is 19.5 Å². The lowest BCUT2D eigenvalue weighted by atomic mass is 10.00. The first-order valence-corrected chi connectivity index (χ1v) is 16.0. The van der Waals surface area contributed by atoms with Crippen LogP contribution in [0.1, 0.15) is 49.3 Å². The van der Waals surface area contributed by atoms with Gasteiger partial charge in [0, 0.05) is 19.5 Å². The summed E-state index contributed by atoms with van der Waals surface area (Å²) < 4.78 is 17.3. The van der Waals surface area contributed by atoms with Crippen molar-refractivity contribution in [2.45, 2.75) is 52.7 Å². The average molecular weight is 663 g/mol. The molecule has 0 saturated carbocycles. The molecule has 3 aromatic carbocycles. The van der Waals surface area contributed by atoms with E-state index in [9.17, 15) is 19.5 Å². The van der Waals surface area contributed by atoms with E-state index in [1.54, 1.807) is 70.3 Å². The maximum atomic E-state index is 13.1. The van der Waals surface area contributed by atoms with Crippen molar-refractivity contribution in [2.75, 3.05) is 30.4 Å². The Kier molecular flexibility index (Phi) is 11.7. The van der Waals surface area contributed by atoms with Gasteiger partial charge in [0.1, 0.15) is 23.7 Å². The SMILES string of the molecule is CC(CN)Cc1cccc(COc2ccc(N(C)C(=O)OC(C)(C)C)c(NC(=O)COc3ccc(Cc4sc(=O)[nH]c4O)cc3)c2)c1. The van der Waals surface area contributed by atoms with Gasteiger partial charge >= 0.3 is 11.0 Å². The Hall–Kier alpha value is -4.81. The Morgan fingerprint density at radius 1 is 1.00 bits per heavy atom. The summed E-state index contributed by atoms with van der Waals surface area (Å²) in [5, 5.41) is 12.7. The molecule has 1 heterocycles. The van der Waals surface area contributed by atoms with Gasteiger partial charge in [0.15, 0.2) is 6.61 Å². The van der Waals surface area contributed by atoms with Gasteiger partial charge in [0.2, 0.25) is 5.88 Å². The molecule has 0 aliphatic carbocycles. The van der Waals surface area contributed by atoms with Gasteiger partial charge in [-0.15, -0.1) is 0 Å². The second-order valence-electron chi connectivity index (χ2n) is 12.3. The highest BCUT2D eigenvalue weighted by Gasteiger charge is 2.23. The molecule has 0 radical (unpaired) electrons. The number of hydrogen-bond donors (Lipinski definition) is 4. The molecule has 2 amide bonds. The monoisotopic (exact) mass is 662 g/mol. The average Bonchev–Trinajstić information content (AvgIpc) is 3.34. The van der Waals surface area contributed by atoms with Gasteiger partial charge in [-0.05, 0) is 80.6 Å². The number of aromatic hydroxyl groups is 1. The normalized spacial score (nSPS) is 11.9. The van der Waals surface area contributed by atoms with Crippen LogP contribution in [0.15, 0.2) is 71.5 Å². The molecule has 1 aromatic heterocycles. The number of aromatic amines is 1. The van der Waals surface area contributed by atoms with E-state index in [1.807, 2.05) is 12.1 Å². The van der Waals surface area contributed by atoms with E-state index in [0.717, 1.165) is 28.9 Å². The molecular weight excluding hydrogens is 620 g/mol. The highest BCUT2D eigenvalue weighted by Crippen LogP contribution is 2.31. The van der Waals surface area contributed by atoms with E-state index in [2.05, 4.69) is 29.4 Å². The summed E-state index contributed by atoms with van der Waals surface area (Å²) in [7, 11) is 1.57. The van der Waals surface area contributed by atoms with Crippen LogP contribution in [0.5, 0.6) is 17.4 Å². The zero-order chi connectivity index (χ0) is 34.1. The van der Waals surface area contributed by atoms with Gasteiger partial charge in [0.05, 0.1) is 16.3 Å². The third-order valence-electron chi connectivity index (χ3n) is 7.01. The maximum Gasteiger partial charge on any atom is 0.414 e. The van der Waals surface area contributed by atoms with Crippen LogP contribution in [-0.4, -0.2) is 47.9 Å². The summed E-state index contributed by atoms with van der Waals surface area (Å²) >= 11 is 0.951. The first kappa shape index (κ1) is 35.1. The number of nitrogens with two attached hydrogens (primary N) is 1. The number of nitrogens with zero attached hydrogens (tertiary/aromatic N) is 1. The van der Waals surface area contributed by atoms with Crippen molar-refractivity contribution in [3.8, 4) is 17.4 Å². The summed E-state index contributed by atoms with van der Waals surface area (Å²) in [5.41, 5.74) is 8.87. The van der Waals surface area contributed by atoms with E-state index in [0.29, 0.717) is 53.2 Å². The fraction of sp³-hybridized carbons (Fsp3) is 0.343. The number of rotatable bonds is 13. The number of carbonyl (C=O) groups excluding carboxylic acids is 2. The summed E-state index contributed by atoms with van der Waals surface area (Å²) in [6.07, 6.45) is 0.670. The van der Waals surface area contributed by atoms with Crippen molar-refractivity contribution in [3.05, 3.63) is 98.0 Å². The number of aromatic nitrogens is 1. The van der Waals surface area contributed by atoms with Crippen molar-refractivity contribution < 1.29 is 28.9 Å². The predicted octanol–water partition coefficient (Wildman–Crippen LogP) is 5.84. The van der Waals surface area contributed by atoms with Gasteiger partial charge in [-0.1, -0.05) is 54.7 Å². The standard InChI is InChI=1S/C35H42N4O7S/c1-22(19-36)15-24-7-6-8-25(16-24)20-44-27-13-14-29(39(5)34(43)46-35(2,3)4)28(18-27)37-31(40)21-45-26-11-9-23(10-12-26)17-30-32(41)38-33(42)47-30/h6-14,16,18,22,41H,15,17,19-21,36H2,1-5H3,(H,37,40)(H,38,42). The van der Waals surface area contributed by atoms with Crippen molar-refractivity contribution in [3.63, 3.8) is 0 Å². The molecule has 1 unspecified atom stereocenters. The third-order valence-corrected chi connectivity index (χ3v) is 7.88. The summed E-state index contributed by atoms with van der Waals surface area (Å²) in [5.74, 6) is 0.744. The molecule has 4 rings (SSSR count). The molecule has 0 saturated heterocycles. The van der Waals surface area contributed by atoms with Crippen molar-refractivity contribution in [1.29, 1.82) is 0 Å². The van der Waals surface area contributed by atoms with Gasteiger partial charge in [-0.2, -0.15) is 0 Å². The Balaban J connectivity index is 1.45. The van der Waals surface area contributed by atoms with Crippen LogP contribution in [0.3, 0.4) is 0 Å². The Morgan fingerprint density at radius 3 is 2.36 bits per heavy atom. The quantitative estimate of drug-likeness (QED) is 0.139. The van der Waals surface area contributed by atoms with Crippen LogP contribution in [0, 0.1) is 5.92 Å². The van der Waals surface area contributed by atoms with E-state index in [-0.39, 0.29) is 17.4 Å². The van der Waals surface area contributed by atoms with Crippen LogP contribution < -0.4 is 30.3 Å². The number of anilines is 2. The molecule has 0 aliphatic rings. The summed E-state index contributed by atoms with van der Waals surface area (Å²) in [6.45, 7) is 8.07.